The highest BCUT2D eigenvalue weighted by Gasteiger charge is 2.13. The molecule has 3 N–H and O–H groups in total. The summed E-state index contributed by atoms with van der Waals surface area (Å²) >= 11 is 0. The summed E-state index contributed by atoms with van der Waals surface area (Å²) in [6.07, 6.45) is 0. The molecule has 3 aromatic carbocycles. The van der Waals surface area contributed by atoms with Gasteiger partial charge in [-0.2, -0.15) is 0 Å². The van der Waals surface area contributed by atoms with Crippen molar-refractivity contribution in [3.05, 3.63) is 94.0 Å². The number of nitro groups is 1. The quantitative estimate of drug-likeness (QED) is 0.355. The number of nitrogens with one attached hydrogen (secondary N) is 1. The van der Waals surface area contributed by atoms with Crippen LogP contribution in [0, 0.1) is 10.1 Å². The molecule has 0 heterocycles. The van der Waals surface area contributed by atoms with Crippen molar-refractivity contribution in [2.75, 3.05) is 5.43 Å². The van der Waals surface area contributed by atoms with E-state index in [-0.39, 0.29) is 18.0 Å². The van der Waals surface area contributed by atoms with E-state index in [1.54, 1.807) is 12.1 Å². The lowest BCUT2D eigenvalue weighted by molar-refractivity contribution is -0.384. The molecule has 27 heavy (non-hydrogen) atoms. The van der Waals surface area contributed by atoms with E-state index >= 15 is 0 Å². The summed E-state index contributed by atoms with van der Waals surface area (Å²) in [5.74, 6) is 6.76. The molecule has 0 aliphatic rings. The summed E-state index contributed by atoms with van der Waals surface area (Å²) in [7, 11) is 0. The maximum Gasteiger partial charge on any atom is 0.293 e. The first kappa shape index (κ1) is 18.2. The van der Waals surface area contributed by atoms with Gasteiger partial charge in [0.1, 0.15) is 30.4 Å². The molecule has 7 heteroatoms. The van der Waals surface area contributed by atoms with Gasteiger partial charge in [0.25, 0.3) is 5.69 Å². The molecule has 7 nitrogen and oxygen atoms in total. The lowest BCUT2D eigenvalue weighted by Crippen LogP contribution is -2.09. The van der Waals surface area contributed by atoms with E-state index in [9.17, 15) is 10.1 Å². The number of ether oxygens (including phenoxy) is 2. The molecule has 0 aliphatic carbocycles. The first-order valence-electron chi connectivity index (χ1n) is 8.29. The van der Waals surface area contributed by atoms with Crippen molar-refractivity contribution in [2.24, 2.45) is 5.84 Å². The maximum absolute atomic E-state index is 10.9. The summed E-state index contributed by atoms with van der Waals surface area (Å²) in [5, 5.41) is 10.9. The van der Waals surface area contributed by atoms with Crippen LogP contribution in [0.1, 0.15) is 11.1 Å². The Labute approximate surface area is 156 Å². The second-order valence-corrected chi connectivity index (χ2v) is 5.79. The zero-order valence-electron chi connectivity index (χ0n) is 14.5. The van der Waals surface area contributed by atoms with Gasteiger partial charge in [0, 0.05) is 6.07 Å². The zero-order valence-corrected chi connectivity index (χ0v) is 14.5. The highest BCUT2D eigenvalue weighted by atomic mass is 16.6. The highest BCUT2D eigenvalue weighted by molar-refractivity contribution is 5.62. The van der Waals surface area contributed by atoms with Gasteiger partial charge in [0.2, 0.25) is 0 Å². The minimum atomic E-state index is -0.492. The number of nitro benzene ring substituents is 1. The van der Waals surface area contributed by atoms with E-state index in [0.29, 0.717) is 12.4 Å². The Hall–Kier alpha value is -3.58. The number of nitrogens with two attached hydrogens (primary N) is 1. The number of hydrazine groups is 1. The van der Waals surface area contributed by atoms with Crippen LogP contribution in [-0.2, 0) is 13.2 Å². The van der Waals surface area contributed by atoms with Crippen LogP contribution >= 0.6 is 0 Å². The van der Waals surface area contributed by atoms with E-state index in [1.165, 1.54) is 6.07 Å². The van der Waals surface area contributed by atoms with Crippen LogP contribution < -0.4 is 20.7 Å². The van der Waals surface area contributed by atoms with E-state index in [0.717, 1.165) is 16.9 Å². The molecule has 0 unspecified atom stereocenters. The predicted octanol–water partition coefficient (Wildman–Crippen LogP) is 4.04. The van der Waals surface area contributed by atoms with Crippen LogP contribution in [0.15, 0.2) is 72.8 Å². The fraction of sp³-hybridized carbons (Fsp3) is 0.100. The van der Waals surface area contributed by atoms with Gasteiger partial charge in [-0.3, -0.25) is 16.0 Å². The molecular weight excluding hydrogens is 346 g/mol. The Morgan fingerprint density at radius 3 is 2.00 bits per heavy atom. The molecular formula is C20H19N3O4. The molecule has 0 radical (unpaired) electrons. The Morgan fingerprint density at radius 1 is 0.852 bits per heavy atom. The third-order valence-electron chi connectivity index (χ3n) is 3.89. The van der Waals surface area contributed by atoms with Crippen LogP contribution in [0.5, 0.6) is 11.5 Å². The Balaban J connectivity index is 1.56. The molecule has 0 amide bonds. The third-order valence-corrected chi connectivity index (χ3v) is 3.89. The number of nitrogens with zero attached hydrogens (tertiary/aromatic N) is 1. The largest absolute Gasteiger partial charge is 0.489 e. The topological polar surface area (TPSA) is 99.7 Å². The van der Waals surface area contributed by atoms with Crippen molar-refractivity contribution < 1.29 is 14.4 Å². The molecule has 0 saturated heterocycles. The molecule has 3 rings (SSSR count). The van der Waals surface area contributed by atoms with Crippen LogP contribution in [0.2, 0.25) is 0 Å². The number of hydrogen-bond donors (Lipinski definition) is 2. The van der Waals surface area contributed by atoms with Crippen molar-refractivity contribution in [3.8, 4) is 11.5 Å². The Morgan fingerprint density at radius 2 is 1.44 bits per heavy atom. The van der Waals surface area contributed by atoms with Gasteiger partial charge < -0.3 is 14.9 Å². The van der Waals surface area contributed by atoms with Crippen molar-refractivity contribution in [1.29, 1.82) is 0 Å². The summed E-state index contributed by atoms with van der Waals surface area (Å²) in [5.41, 5.74) is 4.36. The van der Waals surface area contributed by atoms with Crippen molar-refractivity contribution in [3.63, 3.8) is 0 Å². The minimum absolute atomic E-state index is 0.0823. The zero-order chi connectivity index (χ0) is 19.1. The Kier molecular flexibility index (Phi) is 5.86. The molecule has 0 saturated carbocycles. The number of hydrogen-bond acceptors (Lipinski definition) is 6. The van der Waals surface area contributed by atoms with E-state index in [4.69, 9.17) is 15.3 Å². The second-order valence-electron chi connectivity index (χ2n) is 5.79. The van der Waals surface area contributed by atoms with Gasteiger partial charge in [-0.25, -0.2) is 0 Å². The lowest BCUT2D eigenvalue weighted by Gasteiger charge is -2.10. The highest BCUT2D eigenvalue weighted by Crippen LogP contribution is 2.25. The average molecular weight is 365 g/mol. The van der Waals surface area contributed by atoms with Gasteiger partial charge in [0.05, 0.1) is 4.92 Å². The summed E-state index contributed by atoms with van der Waals surface area (Å²) < 4.78 is 11.4. The van der Waals surface area contributed by atoms with Gasteiger partial charge >= 0.3 is 0 Å². The molecule has 0 aliphatic heterocycles. The van der Waals surface area contributed by atoms with Crippen LogP contribution in [0.4, 0.5) is 11.4 Å². The standard InChI is InChI=1S/C20H19N3O4/c21-22-19-12-16(6-11-20(19)23(24)25)14-27-18-9-7-17(8-10-18)26-13-15-4-2-1-3-5-15/h1-12,22H,13-14,21H2. The maximum atomic E-state index is 10.9. The number of benzene rings is 3. The van der Waals surface area contributed by atoms with E-state index in [1.807, 2.05) is 54.6 Å². The van der Waals surface area contributed by atoms with Gasteiger partial charge in [-0.15, -0.1) is 0 Å². The summed E-state index contributed by atoms with van der Waals surface area (Å²) in [6, 6.07) is 21.8. The first-order valence-corrected chi connectivity index (χ1v) is 8.29. The van der Waals surface area contributed by atoms with E-state index < -0.39 is 4.92 Å². The SMILES string of the molecule is NNc1cc(COc2ccc(OCc3ccccc3)cc2)ccc1[N+](=O)[O-]. The minimum Gasteiger partial charge on any atom is -0.489 e. The third kappa shape index (κ3) is 4.96. The fourth-order valence-corrected chi connectivity index (χ4v) is 2.49. The molecule has 0 aromatic heterocycles. The molecule has 0 bridgehead atoms. The Bertz CT molecular complexity index is 899. The smallest absolute Gasteiger partial charge is 0.293 e. The molecule has 0 atom stereocenters. The van der Waals surface area contributed by atoms with Gasteiger partial charge in [-0.1, -0.05) is 30.3 Å². The predicted molar refractivity (Wildman–Crippen MR) is 102 cm³/mol. The second kappa shape index (κ2) is 8.68. The molecule has 3 aromatic rings. The first-order chi connectivity index (χ1) is 13.2. The number of nitrogen functional groups attached to an aromatic ring is 1. The monoisotopic (exact) mass is 365 g/mol. The lowest BCUT2D eigenvalue weighted by atomic mass is 10.2. The van der Waals surface area contributed by atoms with Gasteiger partial charge in [0.15, 0.2) is 0 Å². The summed E-state index contributed by atoms with van der Waals surface area (Å²) in [4.78, 5) is 10.4. The fourth-order valence-electron chi connectivity index (χ4n) is 2.49. The number of anilines is 1. The van der Waals surface area contributed by atoms with Crippen molar-refractivity contribution in [1.82, 2.24) is 0 Å². The number of rotatable bonds is 8. The van der Waals surface area contributed by atoms with Crippen LogP contribution in [0.25, 0.3) is 0 Å². The average Bonchev–Trinajstić information content (AvgIpc) is 2.72. The van der Waals surface area contributed by atoms with E-state index in [2.05, 4.69) is 5.43 Å². The summed E-state index contributed by atoms with van der Waals surface area (Å²) in [6.45, 7) is 0.760. The normalized spacial score (nSPS) is 10.3. The molecule has 0 fully saturated rings. The van der Waals surface area contributed by atoms with Crippen LogP contribution in [0.3, 0.4) is 0 Å². The van der Waals surface area contributed by atoms with Crippen molar-refractivity contribution in [2.45, 2.75) is 13.2 Å². The molecule has 0 spiro atoms. The molecule has 138 valence electrons. The van der Waals surface area contributed by atoms with Crippen LogP contribution in [-0.4, -0.2) is 4.92 Å². The van der Waals surface area contributed by atoms with Crippen molar-refractivity contribution >= 4 is 11.4 Å². The van der Waals surface area contributed by atoms with Gasteiger partial charge in [-0.05, 0) is 47.5 Å².